The molecule has 0 aromatic carbocycles. The first-order valence-electron chi connectivity index (χ1n) is 6.21. The number of rotatable bonds is 0. The third-order valence-electron chi connectivity index (χ3n) is 4.27. The van der Waals surface area contributed by atoms with Crippen LogP contribution in [0.4, 0.5) is 0 Å². The summed E-state index contributed by atoms with van der Waals surface area (Å²) in [6.45, 7) is 1.24. The number of piperidine rings is 1. The second-order valence-electron chi connectivity index (χ2n) is 5.18. The predicted molar refractivity (Wildman–Crippen MR) is 62.2 cm³/mol. The van der Waals surface area contributed by atoms with Crippen molar-refractivity contribution in [1.82, 2.24) is 4.90 Å². The largest absolute Gasteiger partial charge is 0.374 e. The Kier molecular flexibility index (Phi) is 2.32. The Labute approximate surface area is 91.8 Å². The normalized spacial score (nSPS) is 43.7. The van der Waals surface area contributed by atoms with Crippen LogP contribution in [-0.4, -0.2) is 23.5 Å². The van der Waals surface area contributed by atoms with Gasteiger partial charge < -0.3 is 10.6 Å². The van der Waals surface area contributed by atoms with E-state index in [1.807, 2.05) is 0 Å². The van der Waals surface area contributed by atoms with Gasteiger partial charge in [-0.25, -0.2) is 0 Å². The third kappa shape index (κ3) is 1.61. The van der Waals surface area contributed by atoms with Crippen molar-refractivity contribution < 1.29 is 0 Å². The average Bonchev–Trinajstić information content (AvgIpc) is 2.29. The lowest BCUT2D eigenvalue weighted by atomic mass is 9.72. The van der Waals surface area contributed by atoms with E-state index in [0.717, 1.165) is 18.3 Å². The molecular weight excluding hydrogens is 184 g/mol. The topological polar surface area (TPSA) is 29.3 Å². The molecular formula is C13H20N2. The van der Waals surface area contributed by atoms with Gasteiger partial charge in [0.15, 0.2) is 0 Å². The Morgan fingerprint density at radius 3 is 3.07 bits per heavy atom. The summed E-state index contributed by atoms with van der Waals surface area (Å²) in [5, 5.41) is 0. The van der Waals surface area contributed by atoms with Crippen molar-refractivity contribution in [2.75, 3.05) is 6.54 Å². The molecule has 3 aliphatic rings. The van der Waals surface area contributed by atoms with Crippen LogP contribution in [-0.2, 0) is 0 Å². The molecule has 1 aliphatic carbocycles. The monoisotopic (exact) mass is 204 g/mol. The first kappa shape index (κ1) is 9.46. The van der Waals surface area contributed by atoms with Crippen molar-refractivity contribution in [2.24, 2.45) is 17.6 Å². The Hall–Kier alpha value is -0.760. The molecule has 2 heterocycles. The molecule has 0 bridgehead atoms. The fraction of sp³-hybridized carbons (Fsp3) is 0.692. The minimum Gasteiger partial charge on any atom is -0.374 e. The van der Waals surface area contributed by atoms with Gasteiger partial charge in [-0.2, -0.15) is 0 Å². The van der Waals surface area contributed by atoms with Crippen LogP contribution < -0.4 is 5.73 Å². The number of nitrogens with two attached hydrogens (primary N) is 1. The molecule has 0 aromatic rings. The Morgan fingerprint density at radius 1 is 1.20 bits per heavy atom. The summed E-state index contributed by atoms with van der Waals surface area (Å²) >= 11 is 0. The van der Waals surface area contributed by atoms with E-state index in [0.29, 0.717) is 6.04 Å². The Balaban J connectivity index is 1.85. The molecule has 1 fully saturated rings. The number of hydrogen-bond donors (Lipinski definition) is 1. The van der Waals surface area contributed by atoms with Gasteiger partial charge in [0.25, 0.3) is 0 Å². The molecule has 15 heavy (non-hydrogen) atoms. The molecule has 3 rings (SSSR count). The Morgan fingerprint density at radius 2 is 2.13 bits per heavy atom. The van der Waals surface area contributed by atoms with Crippen LogP contribution in [0.25, 0.3) is 0 Å². The average molecular weight is 204 g/mol. The second-order valence-corrected chi connectivity index (χ2v) is 5.18. The quantitative estimate of drug-likeness (QED) is 0.611. The summed E-state index contributed by atoms with van der Waals surface area (Å²) in [5.74, 6) is 1.69. The molecule has 2 N–H and O–H groups in total. The smallest absolute Gasteiger partial charge is 0.0367 e. The van der Waals surface area contributed by atoms with Crippen LogP contribution in [0.3, 0.4) is 0 Å². The van der Waals surface area contributed by atoms with Crippen molar-refractivity contribution in [2.45, 2.75) is 37.8 Å². The van der Waals surface area contributed by atoms with Crippen LogP contribution >= 0.6 is 0 Å². The summed E-state index contributed by atoms with van der Waals surface area (Å²) in [4.78, 5) is 2.51. The molecule has 0 amide bonds. The minimum atomic E-state index is 0.278. The van der Waals surface area contributed by atoms with E-state index in [4.69, 9.17) is 5.73 Å². The first-order valence-corrected chi connectivity index (χ1v) is 6.21. The second kappa shape index (κ2) is 3.67. The zero-order valence-corrected chi connectivity index (χ0v) is 9.18. The lowest BCUT2D eigenvalue weighted by molar-refractivity contribution is 0.0887. The van der Waals surface area contributed by atoms with E-state index >= 15 is 0 Å². The van der Waals surface area contributed by atoms with Crippen molar-refractivity contribution in [3.63, 3.8) is 0 Å². The van der Waals surface area contributed by atoms with Crippen molar-refractivity contribution >= 4 is 0 Å². The van der Waals surface area contributed by atoms with Gasteiger partial charge in [0.2, 0.25) is 0 Å². The molecule has 0 spiro atoms. The van der Waals surface area contributed by atoms with E-state index in [1.165, 1.54) is 25.8 Å². The first-order chi connectivity index (χ1) is 7.34. The van der Waals surface area contributed by atoms with Crippen LogP contribution in [0.5, 0.6) is 0 Å². The molecule has 2 aliphatic heterocycles. The highest BCUT2D eigenvalue weighted by atomic mass is 15.2. The summed E-state index contributed by atoms with van der Waals surface area (Å²) in [6.07, 6.45) is 14.4. The van der Waals surface area contributed by atoms with E-state index in [2.05, 4.69) is 29.3 Å². The predicted octanol–water partition coefficient (Wildman–Crippen LogP) is 1.89. The Bertz CT molecular complexity index is 295. The van der Waals surface area contributed by atoms with Gasteiger partial charge in [0, 0.05) is 24.5 Å². The van der Waals surface area contributed by atoms with Crippen LogP contribution in [0.2, 0.25) is 0 Å². The SMILES string of the molecule is N[C@H]1C=CN2CCC3CCC=CC3C2C1. The molecule has 0 aromatic heterocycles. The number of nitrogens with zero attached hydrogens (tertiary/aromatic N) is 1. The van der Waals surface area contributed by atoms with Crippen LogP contribution in [0.15, 0.2) is 24.4 Å². The molecule has 82 valence electrons. The van der Waals surface area contributed by atoms with Gasteiger partial charge in [0.1, 0.15) is 0 Å². The van der Waals surface area contributed by atoms with Gasteiger partial charge in [-0.3, -0.25) is 0 Å². The third-order valence-corrected chi connectivity index (χ3v) is 4.27. The highest BCUT2D eigenvalue weighted by Gasteiger charge is 2.37. The number of fused-ring (bicyclic) bond motifs is 3. The molecule has 0 saturated carbocycles. The maximum Gasteiger partial charge on any atom is 0.0367 e. The van der Waals surface area contributed by atoms with Crippen molar-refractivity contribution in [3.8, 4) is 0 Å². The van der Waals surface area contributed by atoms with E-state index in [1.54, 1.807) is 0 Å². The summed E-state index contributed by atoms with van der Waals surface area (Å²) in [5.41, 5.74) is 6.03. The standard InChI is InChI=1S/C13H20N2/c14-11-6-8-15-7-5-10-3-1-2-4-12(10)13(15)9-11/h2,4,6,8,10-13H,1,3,5,7,9,14H2/t10?,11-,12?,13?/m0/s1. The lowest BCUT2D eigenvalue weighted by Crippen LogP contribution is -2.50. The maximum absolute atomic E-state index is 6.03. The molecule has 2 heteroatoms. The lowest BCUT2D eigenvalue weighted by Gasteiger charge is -2.48. The van der Waals surface area contributed by atoms with Crippen molar-refractivity contribution in [3.05, 3.63) is 24.4 Å². The van der Waals surface area contributed by atoms with Gasteiger partial charge in [-0.15, -0.1) is 0 Å². The molecule has 4 atom stereocenters. The maximum atomic E-state index is 6.03. The van der Waals surface area contributed by atoms with Crippen LogP contribution in [0.1, 0.15) is 25.7 Å². The van der Waals surface area contributed by atoms with Crippen molar-refractivity contribution in [1.29, 1.82) is 0 Å². The van der Waals surface area contributed by atoms with Gasteiger partial charge in [0.05, 0.1) is 0 Å². The van der Waals surface area contributed by atoms with E-state index in [-0.39, 0.29) is 6.04 Å². The highest BCUT2D eigenvalue weighted by molar-refractivity contribution is 5.11. The number of hydrogen-bond acceptors (Lipinski definition) is 2. The van der Waals surface area contributed by atoms with Crippen LogP contribution in [0, 0.1) is 11.8 Å². The van der Waals surface area contributed by atoms with E-state index < -0.39 is 0 Å². The van der Waals surface area contributed by atoms with Gasteiger partial charge >= 0.3 is 0 Å². The fourth-order valence-electron chi connectivity index (χ4n) is 3.45. The molecule has 0 radical (unpaired) electrons. The van der Waals surface area contributed by atoms with Gasteiger partial charge in [-0.1, -0.05) is 18.2 Å². The van der Waals surface area contributed by atoms with E-state index in [9.17, 15) is 0 Å². The summed E-state index contributed by atoms with van der Waals surface area (Å²) in [6, 6.07) is 0.959. The fourth-order valence-corrected chi connectivity index (χ4v) is 3.45. The zero-order valence-electron chi connectivity index (χ0n) is 9.18. The number of allylic oxidation sites excluding steroid dienone is 1. The summed E-state index contributed by atoms with van der Waals surface area (Å²) in [7, 11) is 0. The minimum absolute atomic E-state index is 0.278. The van der Waals surface area contributed by atoms with Gasteiger partial charge in [-0.05, 0) is 37.8 Å². The molecule has 3 unspecified atom stereocenters. The highest BCUT2D eigenvalue weighted by Crippen LogP contribution is 2.39. The zero-order chi connectivity index (χ0) is 10.3. The summed E-state index contributed by atoms with van der Waals surface area (Å²) < 4.78 is 0. The molecule has 2 nitrogen and oxygen atoms in total. The molecule has 1 saturated heterocycles.